The van der Waals surface area contributed by atoms with Crippen LogP contribution in [0.25, 0.3) is 0 Å². The first kappa shape index (κ1) is 28.8. The highest BCUT2D eigenvalue weighted by Gasteiger charge is 2.40. The van der Waals surface area contributed by atoms with E-state index >= 15 is 0 Å². The van der Waals surface area contributed by atoms with Gasteiger partial charge in [0.25, 0.3) is 0 Å². The molecule has 1 heterocycles. The number of methoxy groups -OCH3 is 1. The summed E-state index contributed by atoms with van der Waals surface area (Å²) in [6.45, 7) is 16.3. The molecule has 6 heteroatoms. The van der Waals surface area contributed by atoms with E-state index in [1.54, 1.807) is 13.2 Å². The molecule has 1 aliphatic rings. The second-order valence-electron chi connectivity index (χ2n) is 10.8. The van der Waals surface area contributed by atoms with Crippen LogP contribution < -0.4 is 4.74 Å². The molecule has 0 radical (unpaired) electrons. The van der Waals surface area contributed by atoms with Crippen LogP contribution in [-0.2, 0) is 20.5 Å². The topological polar surface area (TPSA) is 57.2 Å². The largest absolute Gasteiger partial charge is 0.497 e. The van der Waals surface area contributed by atoms with Crippen molar-refractivity contribution in [3.05, 3.63) is 54.6 Å². The van der Waals surface area contributed by atoms with Crippen LogP contribution in [0.5, 0.6) is 5.75 Å². The number of rotatable bonds is 14. The average Bonchev–Trinajstić information content (AvgIpc) is 2.76. The highest BCUT2D eigenvalue weighted by atomic mass is 28.4. The second kappa shape index (κ2) is 13.6. The van der Waals surface area contributed by atoms with Gasteiger partial charge in [-0.3, -0.25) is 0 Å². The summed E-state index contributed by atoms with van der Waals surface area (Å²) in [6.07, 6.45) is 9.45. The molecule has 1 aromatic carbocycles. The van der Waals surface area contributed by atoms with Crippen LogP contribution in [0.3, 0.4) is 0 Å². The first-order chi connectivity index (χ1) is 16.0. The SMILES string of the molecule is C=CC[C@@H](O)C[C@H](C[C@@H]1C=CC[C@@H](CCOCc2ccc(OC)cc2)O1)O[Si](C)(C)C(C)(C)C. The van der Waals surface area contributed by atoms with Crippen molar-refractivity contribution in [2.45, 2.75) is 102 Å². The van der Waals surface area contributed by atoms with E-state index in [2.05, 4.69) is 52.6 Å². The predicted molar refractivity (Wildman–Crippen MR) is 142 cm³/mol. The fraction of sp³-hybridized carbons (Fsp3) is 0.643. The lowest BCUT2D eigenvalue weighted by atomic mass is 10.0. The zero-order valence-electron chi connectivity index (χ0n) is 22.1. The summed E-state index contributed by atoms with van der Waals surface area (Å²) in [5.41, 5.74) is 1.13. The monoisotopic (exact) mass is 490 g/mol. The van der Waals surface area contributed by atoms with Crippen LogP contribution in [-0.4, -0.2) is 51.6 Å². The molecule has 5 nitrogen and oxygen atoms in total. The van der Waals surface area contributed by atoms with Gasteiger partial charge in [0.15, 0.2) is 8.32 Å². The van der Waals surface area contributed by atoms with Crippen molar-refractivity contribution < 1.29 is 23.7 Å². The maximum Gasteiger partial charge on any atom is 0.192 e. The third kappa shape index (κ3) is 9.66. The van der Waals surface area contributed by atoms with Gasteiger partial charge in [-0.25, -0.2) is 0 Å². The van der Waals surface area contributed by atoms with Gasteiger partial charge < -0.3 is 23.7 Å². The van der Waals surface area contributed by atoms with Gasteiger partial charge in [-0.15, -0.1) is 6.58 Å². The minimum atomic E-state index is -1.97. The molecule has 0 unspecified atom stereocenters. The van der Waals surface area contributed by atoms with Crippen LogP contribution in [0.1, 0.15) is 58.4 Å². The van der Waals surface area contributed by atoms with Gasteiger partial charge in [0.2, 0.25) is 0 Å². The Labute approximate surface area is 208 Å². The summed E-state index contributed by atoms with van der Waals surface area (Å²) < 4.78 is 24.2. The number of benzene rings is 1. The molecule has 0 aromatic heterocycles. The second-order valence-corrected chi connectivity index (χ2v) is 15.6. The molecule has 0 saturated carbocycles. The highest BCUT2D eigenvalue weighted by Crippen LogP contribution is 2.38. The van der Waals surface area contributed by atoms with Gasteiger partial charge in [0, 0.05) is 13.0 Å². The lowest BCUT2D eigenvalue weighted by molar-refractivity contribution is -0.0377. The molecular weight excluding hydrogens is 444 g/mol. The normalized spacial score (nSPS) is 20.7. The Kier molecular flexibility index (Phi) is 11.5. The van der Waals surface area contributed by atoms with E-state index in [1.807, 2.05) is 24.3 Å². The summed E-state index contributed by atoms with van der Waals surface area (Å²) in [5.74, 6) is 0.852. The molecule has 0 aliphatic carbocycles. The zero-order valence-corrected chi connectivity index (χ0v) is 23.1. The molecule has 1 N–H and O–H groups in total. The first-order valence-electron chi connectivity index (χ1n) is 12.5. The van der Waals surface area contributed by atoms with Crippen LogP contribution in [0, 0.1) is 0 Å². The molecular formula is C28H46O5Si. The number of aliphatic hydroxyl groups is 1. The van der Waals surface area contributed by atoms with E-state index in [0.29, 0.717) is 26.1 Å². The van der Waals surface area contributed by atoms with Crippen molar-refractivity contribution >= 4 is 8.32 Å². The fourth-order valence-electron chi connectivity index (χ4n) is 3.81. The van der Waals surface area contributed by atoms with Gasteiger partial charge in [-0.05, 0) is 61.5 Å². The van der Waals surface area contributed by atoms with Crippen molar-refractivity contribution in [2.24, 2.45) is 0 Å². The summed E-state index contributed by atoms with van der Waals surface area (Å²) in [4.78, 5) is 0. The van der Waals surface area contributed by atoms with Crippen LogP contribution in [0.15, 0.2) is 49.1 Å². The smallest absolute Gasteiger partial charge is 0.192 e. The molecule has 192 valence electrons. The molecule has 2 rings (SSSR count). The maximum absolute atomic E-state index is 10.4. The Morgan fingerprint density at radius 3 is 2.56 bits per heavy atom. The number of hydrogen-bond acceptors (Lipinski definition) is 5. The van der Waals surface area contributed by atoms with Crippen molar-refractivity contribution in [1.29, 1.82) is 0 Å². The van der Waals surface area contributed by atoms with E-state index in [9.17, 15) is 5.11 Å². The Balaban J connectivity index is 1.86. The maximum atomic E-state index is 10.4. The number of aliphatic hydroxyl groups excluding tert-OH is 1. The molecule has 4 atom stereocenters. The summed E-state index contributed by atoms with van der Waals surface area (Å²) in [5, 5.41) is 10.6. The van der Waals surface area contributed by atoms with E-state index in [0.717, 1.165) is 30.6 Å². The lowest BCUT2D eigenvalue weighted by Gasteiger charge is -2.40. The quantitative estimate of drug-likeness (QED) is 0.185. The molecule has 0 bridgehead atoms. The van der Waals surface area contributed by atoms with Gasteiger partial charge in [0.05, 0.1) is 38.1 Å². The van der Waals surface area contributed by atoms with Crippen molar-refractivity contribution in [3.8, 4) is 5.75 Å². The molecule has 0 spiro atoms. The van der Waals surface area contributed by atoms with Crippen LogP contribution in [0.4, 0.5) is 0 Å². The number of ether oxygens (including phenoxy) is 3. The van der Waals surface area contributed by atoms with E-state index in [-0.39, 0.29) is 23.4 Å². The minimum absolute atomic E-state index is 0.00830. The van der Waals surface area contributed by atoms with Crippen LogP contribution in [0.2, 0.25) is 18.1 Å². The number of hydrogen-bond donors (Lipinski definition) is 1. The standard InChI is InChI=1S/C28H46O5Si/c1-8-10-23(29)19-27(33-34(6,7)28(2,3)4)20-26-12-9-11-25(32-26)17-18-31-21-22-13-15-24(30-5)16-14-22/h8-9,12-16,23,25-27,29H,1,10-11,17-21H2,2-7H3/t23-,25+,26+,27-/m1/s1. The lowest BCUT2D eigenvalue weighted by Crippen LogP contribution is -2.45. The Bertz CT molecular complexity index is 753. The molecule has 34 heavy (non-hydrogen) atoms. The molecule has 0 fully saturated rings. The van der Waals surface area contributed by atoms with Crippen molar-refractivity contribution in [1.82, 2.24) is 0 Å². The first-order valence-corrected chi connectivity index (χ1v) is 15.4. The predicted octanol–water partition coefficient (Wildman–Crippen LogP) is 6.42. The Hall–Kier alpha value is -1.44. The van der Waals surface area contributed by atoms with Crippen molar-refractivity contribution in [3.63, 3.8) is 0 Å². The van der Waals surface area contributed by atoms with Gasteiger partial charge >= 0.3 is 0 Å². The zero-order chi connectivity index (χ0) is 25.2. The molecule has 0 saturated heterocycles. The summed E-state index contributed by atoms with van der Waals surface area (Å²) in [6, 6.07) is 7.95. The van der Waals surface area contributed by atoms with Gasteiger partial charge in [0.1, 0.15) is 5.75 Å². The highest BCUT2D eigenvalue weighted by molar-refractivity contribution is 6.74. The Morgan fingerprint density at radius 2 is 1.94 bits per heavy atom. The molecule has 1 aliphatic heterocycles. The Morgan fingerprint density at radius 1 is 1.24 bits per heavy atom. The van der Waals surface area contributed by atoms with Crippen molar-refractivity contribution in [2.75, 3.05) is 13.7 Å². The third-order valence-corrected chi connectivity index (χ3v) is 11.4. The van der Waals surface area contributed by atoms with Gasteiger partial charge in [-0.2, -0.15) is 0 Å². The summed E-state index contributed by atoms with van der Waals surface area (Å²) in [7, 11) is -0.299. The van der Waals surface area contributed by atoms with Crippen LogP contribution >= 0.6 is 0 Å². The average molecular weight is 491 g/mol. The van der Waals surface area contributed by atoms with E-state index in [4.69, 9.17) is 18.6 Å². The third-order valence-electron chi connectivity index (χ3n) is 6.87. The van der Waals surface area contributed by atoms with E-state index < -0.39 is 14.4 Å². The summed E-state index contributed by atoms with van der Waals surface area (Å²) >= 11 is 0. The minimum Gasteiger partial charge on any atom is -0.497 e. The molecule has 0 amide bonds. The van der Waals surface area contributed by atoms with Gasteiger partial charge in [-0.1, -0.05) is 51.1 Å². The molecule has 1 aromatic rings. The fourth-order valence-corrected chi connectivity index (χ4v) is 5.19. The van der Waals surface area contributed by atoms with E-state index in [1.165, 1.54) is 0 Å².